The lowest BCUT2D eigenvalue weighted by molar-refractivity contribution is 0.342. The van der Waals surface area contributed by atoms with Crippen LogP contribution in [-0.2, 0) is 0 Å². The Hall–Kier alpha value is -0.0100. The average molecular weight is 121 g/mol. The van der Waals surface area contributed by atoms with Crippen LogP contribution in [-0.4, -0.2) is 17.1 Å². The van der Waals surface area contributed by atoms with E-state index in [9.17, 15) is 0 Å². The van der Waals surface area contributed by atoms with Gasteiger partial charge in [0.1, 0.15) is 0 Å². The molecule has 0 saturated carbocycles. The van der Waals surface area contributed by atoms with Crippen LogP contribution in [0.5, 0.6) is 0 Å². The normalized spacial score (nSPS) is 15.3. The molecule has 0 aromatic heterocycles. The first-order valence-electron chi connectivity index (χ1n) is 2.19. The summed E-state index contributed by atoms with van der Waals surface area (Å²) in [6.07, 6.45) is 3.36. The lowest BCUT2D eigenvalue weighted by Gasteiger charge is -1.86. The van der Waals surface area contributed by atoms with Crippen molar-refractivity contribution in [2.75, 3.05) is 6.61 Å². The third-order valence-electron chi connectivity index (χ3n) is 0.507. The molecule has 0 fully saturated rings. The van der Waals surface area contributed by atoms with Crippen molar-refractivity contribution in [1.29, 1.82) is 0 Å². The molecule has 0 spiro atoms. The molecule has 1 nitrogen and oxygen atoms in total. The van der Waals surface area contributed by atoms with E-state index in [0.29, 0.717) is 0 Å². The zero-order valence-electron chi connectivity index (χ0n) is 4.26. The number of halogens is 1. The van der Waals surface area contributed by atoms with Gasteiger partial charge in [0.25, 0.3) is 0 Å². The fraction of sp³-hybridized carbons (Fsp3) is 0.600. The highest BCUT2D eigenvalue weighted by Gasteiger charge is 1.81. The summed E-state index contributed by atoms with van der Waals surface area (Å²) in [5.41, 5.74) is 0. The maximum atomic E-state index is 8.17. The lowest BCUT2D eigenvalue weighted by atomic mass is 10.4. The van der Waals surface area contributed by atoms with Crippen LogP contribution in [0.15, 0.2) is 12.2 Å². The van der Waals surface area contributed by atoms with Gasteiger partial charge in [-0.3, -0.25) is 0 Å². The monoisotopic (exact) mass is 120 g/mol. The molecule has 2 heteroatoms. The van der Waals surface area contributed by atoms with Gasteiger partial charge in [0, 0.05) is 5.38 Å². The van der Waals surface area contributed by atoms with Crippen molar-refractivity contribution < 1.29 is 5.11 Å². The second-order valence-corrected chi connectivity index (χ2v) is 1.98. The van der Waals surface area contributed by atoms with E-state index in [0.717, 1.165) is 0 Å². The Labute approximate surface area is 48.6 Å². The zero-order chi connectivity index (χ0) is 5.70. The minimum absolute atomic E-state index is 0.0344. The smallest absolute Gasteiger partial charge is 0.0612 e. The van der Waals surface area contributed by atoms with Gasteiger partial charge in [0.15, 0.2) is 0 Å². The van der Waals surface area contributed by atoms with Crippen molar-refractivity contribution >= 4 is 11.6 Å². The topological polar surface area (TPSA) is 20.2 Å². The van der Waals surface area contributed by atoms with Crippen LogP contribution < -0.4 is 0 Å². The number of rotatable bonds is 2. The van der Waals surface area contributed by atoms with E-state index in [1.165, 1.54) is 0 Å². The fourth-order valence-electron chi connectivity index (χ4n) is 0.248. The summed E-state index contributed by atoms with van der Waals surface area (Å²) in [5.74, 6) is 0. The standard InChI is InChI=1S/C5H9ClO/c1-5(6)3-2-4-7/h2-3,5,7H,4H2,1H3/b3-2+. The third-order valence-corrected chi connectivity index (χ3v) is 0.652. The number of hydrogen-bond donors (Lipinski definition) is 1. The molecule has 0 aromatic carbocycles. The molecule has 0 radical (unpaired) electrons. The van der Waals surface area contributed by atoms with Crippen LogP contribution in [0, 0.1) is 0 Å². The van der Waals surface area contributed by atoms with Gasteiger partial charge in [-0.15, -0.1) is 11.6 Å². The minimum atomic E-state index is 0.0344. The van der Waals surface area contributed by atoms with Crippen molar-refractivity contribution in [1.82, 2.24) is 0 Å². The van der Waals surface area contributed by atoms with E-state index in [-0.39, 0.29) is 12.0 Å². The van der Waals surface area contributed by atoms with Crippen LogP contribution >= 0.6 is 11.6 Å². The summed E-state index contributed by atoms with van der Waals surface area (Å²) in [4.78, 5) is 0. The van der Waals surface area contributed by atoms with E-state index in [1.807, 2.05) is 6.92 Å². The van der Waals surface area contributed by atoms with Crippen molar-refractivity contribution in [2.24, 2.45) is 0 Å². The summed E-state index contributed by atoms with van der Waals surface area (Å²) in [6, 6.07) is 0. The number of hydrogen-bond acceptors (Lipinski definition) is 1. The summed E-state index contributed by atoms with van der Waals surface area (Å²) in [5, 5.41) is 8.20. The fourth-order valence-corrected chi connectivity index (χ4v) is 0.351. The Balaban J connectivity index is 3.08. The van der Waals surface area contributed by atoms with E-state index in [4.69, 9.17) is 16.7 Å². The Morgan fingerprint density at radius 3 is 2.57 bits per heavy atom. The minimum Gasteiger partial charge on any atom is -0.392 e. The van der Waals surface area contributed by atoms with E-state index in [1.54, 1.807) is 12.2 Å². The quantitative estimate of drug-likeness (QED) is 0.428. The molecule has 0 aliphatic heterocycles. The number of allylic oxidation sites excluding steroid dienone is 1. The van der Waals surface area contributed by atoms with Gasteiger partial charge in [-0.1, -0.05) is 12.2 Å². The number of alkyl halides is 1. The molecular weight excluding hydrogens is 112 g/mol. The zero-order valence-corrected chi connectivity index (χ0v) is 5.02. The molecule has 0 bridgehead atoms. The third kappa shape index (κ3) is 5.99. The van der Waals surface area contributed by atoms with Crippen molar-refractivity contribution in [3.05, 3.63) is 12.2 Å². The first-order chi connectivity index (χ1) is 3.27. The Morgan fingerprint density at radius 2 is 2.43 bits per heavy atom. The Morgan fingerprint density at radius 1 is 1.86 bits per heavy atom. The predicted octanol–water partition coefficient (Wildman–Crippen LogP) is 1.16. The van der Waals surface area contributed by atoms with Gasteiger partial charge < -0.3 is 5.11 Å². The van der Waals surface area contributed by atoms with Crippen LogP contribution in [0.2, 0.25) is 0 Å². The van der Waals surface area contributed by atoms with Gasteiger partial charge in [0.2, 0.25) is 0 Å². The van der Waals surface area contributed by atoms with E-state index in [2.05, 4.69) is 0 Å². The van der Waals surface area contributed by atoms with Crippen LogP contribution in [0.1, 0.15) is 6.92 Å². The van der Waals surface area contributed by atoms with Crippen molar-refractivity contribution in [2.45, 2.75) is 12.3 Å². The second kappa shape index (κ2) is 4.16. The van der Waals surface area contributed by atoms with Crippen LogP contribution in [0.25, 0.3) is 0 Å². The highest BCUT2D eigenvalue weighted by molar-refractivity contribution is 6.21. The molecular formula is C5H9ClO. The molecule has 0 heterocycles. The molecule has 0 aromatic rings. The van der Waals surface area contributed by atoms with Crippen LogP contribution in [0.4, 0.5) is 0 Å². The molecule has 42 valence electrons. The number of aliphatic hydroxyl groups is 1. The Bertz CT molecular complexity index is 59.1. The van der Waals surface area contributed by atoms with E-state index >= 15 is 0 Å². The lowest BCUT2D eigenvalue weighted by Crippen LogP contribution is -1.81. The second-order valence-electron chi connectivity index (χ2n) is 1.29. The van der Waals surface area contributed by atoms with Gasteiger partial charge in [-0.25, -0.2) is 0 Å². The molecule has 0 amide bonds. The summed E-state index contributed by atoms with van der Waals surface area (Å²) in [6.45, 7) is 1.92. The summed E-state index contributed by atoms with van der Waals surface area (Å²) in [7, 11) is 0. The summed E-state index contributed by atoms with van der Waals surface area (Å²) < 4.78 is 0. The van der Waals surface area contributed by atoms with E-state index < -0.39 is 0 Å². The molecule has 7 heavy (non-hydrogen) atoms. The molecule has 1 N–H and O–H groups in total. The van der Waals surface area contributed by atoms with Crippen LogP contribution in [0.3, 0.4) is 0 Å². The molecule has 1 atom stereocenters. The highest BCUT2D eigenvalue weighted by Crippen LogP contribution is 1.92. The molecule has 0 aliphatic rings. The average Bonchev–Trinajstić information content (AvgIpc) is 1.61. The maximum Gasteiger partial charge on any atom is 0.0612 e. The highest BCUT2D eigenvalue weighted by atomic mass is 35.5. The SMILES string of the molecule is CC(Cl)/C=C/CO. The van der Waals surface area contributed by atoms with Gasteiger partial charge in [-0.2, -0.15) is 0 Å². The molecule has 0 aliphatic carbocycles. The maximum absolute atomic E-state index is 8.17. The van der Waals surface area contributed by atoms with Crippen molar-refractivity contribution in [3.63, 3.8) is 0 Å². The number of aliphatic hydroxyl groups excluding tert-OH is 1. The summed E-state index contributed by atoms with van der Waals surface area (Å²) >= 11 is 5.46. The van der Waals surface area contributed by atoms with Gasteiger partial charge in [0.05, 0.1) is 6.61 Å². The molecule has 1 unspecified atom stereocenters. The Kier molecular flexibility index (Phi) is 4.15. The molecule has 0 rings (SSSR count). The molecule has 0 saturated heterocycles. The van der Waals surface area contributed by atoms with Gasteiger partial charge >= 0.3 is 0 Å². The van der Waals surface area contributed by atoms with Gasteiger partial charge in [-0.05, 0) is 6.92 Å². The largest absolute Gasteiger partial charge is 0.392 e. The first kappa shape index (κ1) is 6.99. The predicted molar refractivity (Wildman–Crippen MR) is 31.5 cm³/mol. The van der Waals surface area contributed by atoms with Crippen molar-refractivity contribution in [3.8, 4) is 0 Å². The first-order valence-corrected chi connectivity index (χ1v) is 2.62.